The highest BCUT2D eigenvalue weighted by Crippen LogP contribution is 2.38. The van der Waals surface area contributed by atoms with Crippen LogP contribution in [0.4, 0.5) is 11.5 Å². The van der Waals surface area contributed by atoms with Crippen molar-refractivity contribution < 1.29 is 14.3 Å². The third-order valence-electron chi connectivity index (χ3n) is 5.25. The molecule has 1 atom stereocenters. The first-order valence-electron chi connectivity index (χ1n) is 10.7. The Balaban J connectivity index is 1.38. The van der Waals surface area contributed by atoms with Gasteiger partial charge in [0.1, 0.15) is 29.3 Å². The molecule has 0 radical (unpaired) electrons. The molecule has 7 nitrogen and oxygen atoms in total. The number of carbonyl (C=O) groups excluding carboxylic acids is 1. The SMILES string of the molecule is CCOC(=O)Cc1ccc2c(c1)sc1ncnc(Nc3ccc(OCC4CSC=N4)c(Cl)c3)c12. The summed E-state index contributed by atoms with van der Waals surface area (Å²) in [6.45, 7) is 2.68. The van der Waals surface area contributed by atoms with E-state index in [9.17, 15) is 4.79 Å². The molecule has 1 aliphatic heterocycles. The molecule has 0 saturated heterocycles. The van der Waals surface area contributed by atoms with E-state index in [1.165, 1.54) is 0 Å². The van der Waals surface area contributed by atoms with Crippen molar-refractivity contribution in [3.63, 3.8) is 0 Å². The fourth-order valence-electron chi connectivity index (χ4n) is 3.67. The van der Waals surface area contributed by atoms with Gasteiger partial charge in [-0.05, 0) is 36.8 Å². The van der Waals surface area contributed by atoms with Gasteiger partial charge in [0.05, 0.1) is 35.0 Å². The Morgan fingerprint density at radius 1 is 1.24 bits per heavy atom. The van der Waals surface area contributed by atoms with Gasteiger partial charge in [-0.15, -0.1) is 23.1 Å². The summed E-state index contributed by atoms with van der Waals surface area (Å²) in [7, 11) is 0. The summed E-state index contributed by atoms with van der Waals surface area (Å²) in [5, 5.41) is 5.84. The van der Waals surface area contributed by atoms with Crippen molar-refractivity contribution in [3.05, 3.63) is 53.3 Å². The average molecular weight is 513 g/mol. The number of carbonyl (C=O) groups is 1. The molecule has 1 aliphatic rings. The molecule has 0 saturated carbocycles. The topological polar surface area (TPSA) is 85.7 Å². The maximum atomic E-state index is 11.9. The lowest BCUT2D eigenvalue weighted by Gasteiger charge is -2.13. The maximum Gasteiger partial charge on any atom is 0.310 e. The van der Waals surface area contributed by atoms with Gasteiger partial charge in [0.15, 0.2) is 0 Å². The summed E-state index contributed by atoms with van der Waals surface area (Å²) < 4.78 is 12.0. The molecule has 0 spiro atoms. The number of ether oxygens (including phenoxy) is 2. The lowest BCUT2D eigenvalue weighted by Crippen LogP contribution is -2.15. The fourth-order valence-corrected chi connectivity index (χ4v) is 5.76. The molecule has 5 rings (SSSR count). The van der Waals surface area contributed by atoms with Crippen LogP contribution in [0.25, 0.3) is 20.3 Å². The minimum atomic E-state index is -0.232. The maximum absolute atomic E-state index is 11.9. The normalized spacial score (nSPS) is 15.2. The van der Waals surface area contributed by atoms with Crippen molar-refractivity contribution >= 4 is 78.0 Å². The van der Waals surface area contributed by atoms with Crippen LogP contribution in [0.2, 0.25) is 5.02 Å². The summed E-state index contributed by atoms with van der Waals surface area (Å²) >= 11 is 9.73. The second kappa shape index (κ2) is 10.2. The molecule has 34 heavy (non-hydrogen) atoms. The number of nitrogens with one attached hydrogen (secondary N) is 1. The molecule has 2 aromatic carbocycles. The van der Waals surface area contributed by atoms with Gasteiger partial charge in [-0.2, -0.15) is 0 Å². The van der Waals surface area contributed by atoms with Crippen LogP contribution in [0, 0.1) is 0 Å². The van der Waals surface area contributed by atoms with Gasteiger partial charge in [-0.3, -0.25) is 9.79 Å². The zero-order valence-electron chi connectivity index (χ0n) is 18.3. The Hall–Kier alpha value is -2.88. The molecule has 3 heterocycles. The summed E-state index contributed by atoms with van der Waals surface area (Å²) in [5.74, 6) is 2.02. The summed E-state index contributed by atoms with van der Waals surface area (Å²) in [4.78, 5) is 26.0. The van der Waals surface area contributed by atoms with Gasteiger partial charge in [0, 0.05) is 21.5 Å². The number of halogens is 1. The first-order valence-corrected chi connectivity index (χ1v) is 13.0. The van der Waals surface area contributed by atoms with E-state index in [2.05, 4.69) is 20.3 Å². The van der Waals surface area contributed by atoms with E-state index in [4.69, 9.17) is 21.1 Å². The highest BCUT2D eigenvalue weighted by Gasteiger charge is 2.15. The van der Waals surface area contributed by atoms with Gasteiger partial charge < -0.3 is 14.8 Å². The first kappa shape index (κ1) is 22.9. The average Bonchev–Trinajstić information content (AvgIpc) is 3.46. The zero-order valence-corrected chi connectivity index (χ0v) is 20.7. The molecule has 1 N–H and O–H groups in total. The predicted octanol–water partition coefficient (Wildman–Crippen LogP) is 5.87. The van der Waals surface area contributed by atoms with E-state index in [1.54, 1.807) is 36.3 Å². The second-order valence-corrected chi connectivity index (χ2v) is 9.95. The minimum absolute atomic E-state index is 0.165. The Kier molecular flexibility index (Phi) is 6.85. The zero-order chi connectivity index (χ0) is 23.5. The van der Waals surface area contributed by atoms with Crippen LogP contribution in [-0.4, -0.2) is 46.5 Å². The molecule has 0 bridgehead atoms. The van der Waals surface area contributed by atoms with Crippen molar-refractivity contribution in [1.82, 2.24) is 9.97 Å². The number of hydrogen-bond donors (Lipinski definition) is 1. The molecule has 4 aromatic rings. The van der Waals surface area contributed by atoms with Crippen LogP contribution in [0.3, 0.4) is 0 Å². The number of benzene rings is 2. The van der Waals surface area contributed by atoms with Gasteiger partial charge in [-0.25, -0.2) is 9.97 Å². The Labute approximate surface area is 209 Å². The van der Waals surface area contributed by atoms with Crippen LogP contribution in [0.5, 0.6) is 5.75 Å². The Bertz CT molecular complexity index is 1390. The molecule has 174 valence electrons. The minimum Gasteiger partial charge on any atom is -0.490 e. The fraction of sp³-hybridized carbons (Fsp3) is 0.250. The van der Waals surface area contributed by atoms with Crippen molar-refractivity contribution in [2.75, 3.05) is 24.3 Å². The van der Waals surface area contributed by atoms with Crippen molar-refractivity contribution in [2.24, 2.45) is 4.99 Å². The van der Waals surface area contributed by atoms with E-state index in [0.29, 0.717) is 29.8 Å². The van der Waals surface area contributed by atoms with Crippen molar-refractivity contribution in [2.45, 2.75) is 19.4 Å². The number of thiophene rings is 1. The molecule has 0 amide bonds. The third kappa shape index (κ3) is 4.96. The van der Waals surface area contributed by atoms with Crippen LogP contribution < -0.4 is 10.1 Å². The molecule has 0 fully saturated rings. The number of nitrogens with zero attached hydrogens (tertiary/aromatic N) is 3. The number of aliphatic imine (C=N–C) groups is 1. The van der Waals surface area contributed by atoms with Gasteiger partial charge in [0.2, 0.25) is 0 Å². The molecule has 1 unspecified atom stereocenters. The van der Waals surface area contributed by atoms with E-state index >= 15 is 0 Å². The van der Waals surface area contributed by atoms with Crippen LogP contribution in [0.15, 0.2) is 47.7 Å². The van der Waals surface area contributed by atoms with Crippen molar-refractivity contribution in [1.29, 1.82) is 0 Å². The lowest BCUT2D eigenvalue weighted by molar-refractivity contribution is -0.142. The number of fused-ring (bicyclic) bond motifs is 3. The standard InChI is InChI=1S/C24H21ClN4O3S2/c1-2-31-21(30)8-14-3-5-17-20(7-14)34-24-22(17)23(26-12-27-24)29-15-4-6-19(18(25)9-15)32-10-16-11-33-13-28-16/h3-7,9,12-13,16H,2,8,10-11H2,1H3,(H,26,27,29). The predicted molar refractivity (Wildman–Crippen MR) is 140 cm³/mol. The smallest absolute Gasteiger partial charge is 0.310 e. The number of esters is 1. The summed E-state index contributed by atoms with van der Waals surface area (Å²) in [5.41, 5.74) is 3.56. The summed E-state index contributed by atoms with van der Waals surface area (Å²) in [6.07, 6.45) is 1.78. The van der Waals surface area contributed by atoms with Crippen LogP contribution in [-0.2, 0) is 16.0 Å². The number of hydrogen-bond acceptors (Lipinski definition) is 9. The second-order valence-electron chi connectivity index (χ2n) is 7.64. The molecule has 2 aromatic heterocycles. The summed E-state index contributed by atoms with van der Waals surface area (Å²) in [6, 6.07) is 11.7. The quantitative estimate of drug-likeness (QED) is 0.295. The van der Waals surface area contributed by atoms with Gasteiger partial charge in [-0.1, -0.05) is 23.7 Å². The largest absolute Gasteiger partial charge is 0.490 e. The number of rotatable bonds is 8. The van der Waals surface area contributed by atoms with Gasteiger partial charge >= 0.3 is 5.97 Å². The number of aromatic nitrogens is 2. The van der Waals surface area contributed by atoms with E-state index < -0.39 is 0 Å². The monoisotopic (exact) mass is 512 g/mol. The first-order chi connectivity index (χ1) is 16.6. The van der Waals surface area contributed by atoms with E-state index in [1.807, 2.05) is 41.9 Å². The molecule has 0 aliphatic carbocycles. The van der Waals surface area contributed by atoms with E-state index in [-0.39, 0.29) is 18.4 Å². The Morgan fingerprint density at radius 3 is 2.94 bits per heavy atom. The van der Waals surface area contributed by atoms with Crippen molar-refractivity contribution in [3.8, 4) is 5.75 Å². The Morgan fingerprint density at radius 2 is 2.15 bits per heavy atom. The van der Waals surface area contributed by atoms with E-state index in [0.717, 1.165) is 37.3 Å². The highest BCUT2D eigenvalue weighted by molar-refractivity contribution is 8.12. The molecular formula is C24H21ClN4O3S2. The number of thioether (sulfide) groups is 1. The van der Waals surface area contributed by atoms with Gasteiger partial charge in [0.25, 0.3) is 0 Å². The van der Waals surface area contributed by atoms with Crippen LogP contribution in [0.1, 0.15) is 12.5 Å². The van der Waals surface area contributed by atoms with Crippen LogP contribution >= 0.6 is 34.7 Å². The lowest BCUT2D eigenvalue weighted by atomic mass is 10.1. The number of anilines is 2. The molecule has 10 heteroatoms. The highest BCUT2D eigenvalue weighted by atomic mass is 35.5. The molecular weight excluding hydrogens is 492 g/mol. The third-order valence-corrected chi connectivity index (χ3v) is 7.45.